The molecule has 0 fully saturated rings. The Labute approximate surface area is 144 Å². The maximum atomic E-state index is 9.20. The molecule has 0 aliphatic carbocycles. The average molecular weight is 316 g/mol. The Morgan fingerprint density at radius 2 is 1.21 bits per heavy atom. The van der Waals surface area contributed by atoms with E-state index >= 15 is 0 Å². The Morgan fingerprint density at radius 1 is 0.625 bits per heavy atom. The van der Waals surface area contributed by atoms with Gasteiger partial charge in [-0.25, -0.2) is 0 Å². The zero-order chi connectivity index (χ0) is 16.9. The van der Waals surface area contributed by atoms with Crippen LogP contribution in [-0.4, -0.2) is 5.11 Å². The standard InChI is InChI=1S/C23H24O/c1-3-17-5-9-20(10-6-17)22-13-14-23(19(4-2)15-22)21-11-7-18(16-24)8-12-21/h5-15,24H,3-4,16H2,1-2H3. The lowest BCUT2D eigenvalue weighted by atomic mass is 9.93. The Balaban J connectivity index is 1.97. The van der Waals surface area contributed by atoms with E-state index in [-0.39, 0.29) is 6.61 Å². The van der Waals surface area contributed by atoms with Crippen molar-refractivity contribution in [2.45, 2.75) is 33.3 Å². The van der Waals surface area contributed by atoms with Crippen LogP contribution in [0, 0.1) is 0 Å². The van der Waals surface area contributed by atoms with Gasteiger partial charge in [0, 0.05) is 0 Å². The number of aliphatic hydroxyl groups is 1. The van der Waals surface area contributed by atoms with E-state index in [4.69, 9.17) is 0 Å². The molecule has 122 valence electrons. The summed E-state index contributed by atoms with van der Waals surface area (Å²) in [6.07, 6.45) is 2.07. The summed E-state index contributed by atoms with van der Waals surface area (Å²) in [6.45, 7) is 4.47. The van der Waals surface area contributed by atoms with Gasteiger partial charge >= 0.3 is 0 Å². The van der Waals surface area contributed by atoms with Gasteiger partial charge in [0.05, 0.1) is 6.61 Å². The molecule has 0 aliphatic rings. The van der Waals surface area contributed by atoms with Crippen LogP contribution in [0.3, 0.4) is 0 Å². The lowest BCUT2D eigenvalue weighted by Gasteiger charge is -2.12. The quantitative estimate of drug-likeness (QED) is 0.646. The van der Waals surface area contributed by atoms with Gasteiger partial charge in [0.15, 0.2) is 0 Å². The molecule has 0 saturated heterocycles. The molecule has 1 heteroatoms. The first kappa shape index (κ1) is 16.5. The van der Waals surface area contributed by atoms with Gasteiger partial charge < -0.3 is 5.11 Å². The molecule has 1 nitrogen and oxygen atoms in total. The van der Waals surface area contributed by atoms with Crippen LogP contribution in [0.1, 0.15) is 30.5 Å². The zero-order valence-electron chi connectivity index (χ0n) is 14.4. The van der Waals surface area contributed by atoms with Crippen molar-refractivity contribution in [3.05, 3.63) is 83.4 Å². The molecule has 0 unspecified atom stereocenters. The highest BCUT2D eigenvalue weighted by molar-refractivity contribution is 5.74. The molecule has 3 rings (SSSR count). The number of hydrogen-bond donors (Lipinski definition) is 1. The van der Waals surface area contributed by atoms with Crippen molar-refractivity contribution >= 4 is 0 Å². The average Bonchev–Trinajstić information content (AvgIpc) is 2.67. The van der Waals surface area contributed by atoms with Crippen molar-refractivity contribution in [3.8, 4) is 22.3 Å². The smallest absolute Gasteiger partial charge is 0.0681 e. The van der Waals surface area contributed by atoms with E-state index in [2.05, 4.69) is 68.4 Å². The molecule has 0 amide bonds. The van der Waals surface area contributed by atoms with Gasteiger partial charge in [0.2, 0.25) is 0 Å². The first-order valence-electron chi connectivity index (χ1n) is 8.67. The summed E-state index contributed by atoms with van der Waals surface area (Å²) in [7, 11) is 0. The molecule has 0 bridgehead atoms. The summed E-state index contributed by atoms with van der Waals surface area (Å²) < 4.78 is 0. The zero-order valence-corrected chi connectivity index (χ0v) is 14.4. The molecule has 3 aromatic rings. The van der Waals surface area contributed by atoms with Crippen molar-refractivity contribution < 1.29 is 5.11 Å². The van der Waals surface area contributed by atoms with Crippen LogP contribution in [-0.2, 0) is 19.4 Å². The van der Waals surface area contributed by atoms with Crippen molar-refractivity contribution in [2.75, 3.05) is 0 Å². The van der Waals surface area contributed by atoms with Crippen LogP contribution < -0.4 is 0 Å². The molecular weight excluding hydrogens is 292 g/mol. The molecule has 0 atom stereocenters. The number of aryl methyl sites for hydroxylation is 2. The maximum Gasteiger partial charge on any atom is 0.0681 e. The van der Waals surface area contributed by atoms with Crippen LogP contribution in [0.4, 0.5) is 0 Å². The minimum absolute atomic E-state index is 0.0909. The van der Waals surface area contributed by atoms with Crippen LogP contribution in [0.5, 0.6) is 0 Å². The van der Waals surface area contributed by atoms with E-state index in [9.17, 15) is 5.11 Å². The first-order valence-corrected chi connectivity index (χ1v) is 8.67. The van der Waals surface area contributed by atoms with E-state index in [0.29, 0.717) is 0 Å². The third-order valence-corrected chi connectivity index (χ3v) is 4.63. The summed E-state index contributed by atoms with van der Waals surface area (Å²) in [5.41, 5.74) is 8.69. The summed E-state index contributed by atoms with van der Waals surface area (Å²) in [6, 6.07) is 23.7. The fraction of sp³-hybridized carbons (Fsp3) is 0.217. The summed E-state index contributed by atoms with van der Waals surface area (Å²) in [5.74, 6) is 0. The third-order valence-electron chi connectivity index (χ3n) is 4.63. The van der Waals surface area contributed by atoms with E-state index in [0.717, 1.165) is 18.4 Å². The Bertz CT molecular complexity index is 798. The molecule has 24 heavy (non-hydrogen) atoms. The van der Waals surface area contributed by atoms with E-state index in [1.807, 2.05) is 12.1 Å². The SMILES string of the molecule is CCc1ccc(-c2ccc(-c3ccc(CO)cc3)c(CC)c2)cc1. The van der Waals surface area contributed by atoms with Gasteiger partial charge in [-0.2, -0.15) is 0 Å². The number of benzene rings is 3. The second-order valence-corrected chi connectivity index (χ2v) is 6.13. The number of aliphatic hydroxyl groups excluding tert-OH is 1. The second-order valence-electron chi connectivity index (χ2n) is 6.13. The highest BCUT2D eigenvalue weighted by Gasteiger charge is 2.07. The van der Waals surface area contributed by atoms with Gasteiger partial charge in [-0.1, -0.05) is 80.6 Å². The fourth-order valence-electron chi connectivity index (χ4n) is 3.07. The second kappa shape index (κ2) is 7.46. The van der Waals surface area contributed by atoms with Crippen LogP contribution in [0.25, 0.3) is 22.3 Å². The predicted octanol–water partition coefficient (Wildman–Crippen LogP) is 5.64. The molecule has 0 radical (unpaired) electrons. The van der Waals surface area contributed by atoms with Gasteiger partial charge in [0.25, 0.3) is 0 Å². The molecular formula is C23H24O. The minimum Gasteiger partial charge on any atom is -0.392 e. The minimum atomic E-state index is 0.0909. The molecule has 3 aromatic carbocycles. The molecule has 0 aromatic heterocycles. The Hall–Kier alpha value is -2.38. The summed E-state index contributed by atoms with van der Waals surface area (Å²) in [4.78, 5) is 0. The van der Waals surface area contributed by atoms with Crippen molar-refractivity contribution in [3.63, 3.8) is 0 Å². The molecule has 0 aliphatic heterocycles. The molecule has 0 saturated carbocycles. The molecule has 0 spiro atoms. The van der Waals surface area contributed by atoms with Crippen LogP contribution in [0.15, 0.2) is 66.7 Å². The monoisotopic (exact) mass is 316 g/mol. The third kappa shape index (κ3) is 3.42. The predicted molar refractivity (Wildman–Crippen MR) is 102 cm³/mol. The Morgan fingerprint density at radius 3 is 1.79 bits per heavy atom. The first-order chi connectivity index (χ1) is 11.7. The van der Waals surface area contributed by atoms with Gasteiger partial charge in [-0.05, 0) is 51.8 Å². The van der Waals surface area contributed by atoms with E-state index in [1.165, 1.54) is 33.4 Å². The lowest BCUT2D eigenvalue weighted by molar-refractivity contribution is 0.282. The summed E-state index contributed by atoms with van der Waals surface area (Å²) in [5, 5.41) is 9.20. The van der Waals surface area contributed by atoms with E-state index in [1.54, 1.807) is 0 Å². The summed E-state index contributed by atoms with van der Waals surface area (Å²) >= 11 is 0. The highest BCUT2D eigenvalue weighted by Crippen LogP contribution is 2.30. The number of hydrogen-bond acceptors (Lipinski definition) is 1. The van der Waals surface area contributed by atoms with Gasteiger partial charge in [0.1, 0.15) is 0 Å². The Kier molecular flexibility index (Phi) is 5.12. The normalized spacial score (nSPS) is 10.8. The van der Waals surface area contributed by atoms with Crippen LogP contribution in [0.2, 0.25) is 0 Å². The lowest BCUT2D eigenvalue weighted by Crippen LogP contribution is -1.91. The topological polar surface area (TPSA) is 20.2 Å². The fourth-order valence-corrected chi connectivity index (χ4v) is 3.07. The largest absolute Gasteiger partial charge is 0.392 e. The number of rotatable bonds is 5. The van der Waals surface area contributed by atoms with Crippen molar-refractivity contribution in [2.24, 2.45) is 0 Å². The molecule has 1 N–H and O–H groups in total. The van der Waals surface area contributed by atoms with E-state index < -0.39 is 0 Å². The highest BCUT2D eigenvalue weighted by atomic mass is 16.3. The van der Waals surface area contributed by atoms with Gasteiger partial charge in [-0.15, -0.1) is 0 Å². The van der Waals surface area contributed by atoms with Crippen molar-refractivity contribution in [1.82, 2.24) is 0 Å². The maximum absolute atomic E-state index is 9.20. The molecule has 0 heterocycles. The van der Waals surface area contributed by atoms with Gasteiger partial charge in [-0.3, -0.25) is 0 Å². The van der Waals surface area contributed by atoms with Crippen molar-refractivity contribution in [1.29, 1.82) is 0 Å². The van der Waals surface area contributed by atoms with Crippen LogP contribution >= 0.6 is 0 Å².